The van der Waals surface area contributed by atoms with E-state index < -0.39 is 0 Å². The van der Waals surface area contributed by atoms with Crippen LogP contribution in [0.1, 0.15) is 42.1 Å². The molecule has 0 bridgehead atoms. The molecule has 3 nitrogen and oxygen atoms in total. The standard InChI is InChI=1S/C18H22N2O/c1-2-21-14-7-5-6-13(10-14)12-20-18-11-17(19)15-8-3-4-9-16(15)18/h3-10,17-18,20H,2,11-12,19H2,1H3. The Hall–Kier alpha value is -1.84. The van der Waals surface area contributed by atoms with Crippen LogP contribution >= 0.6 is 0 Å². The zero-order valence-electron chi connectivity index (χ0n) is 12.4. The van der Waals surface area contributed by atoms with Gasteiger partial charge >= 0.3 is 0 Å². The van der Waals surface area contributed by atoms with E-state index in [1.807, 2.05) is 19.1 Å². The van der Waals surface area contributed by atoms with Gasteiger partial charge in [0.2, 0.25) is 0 Å². The van der Waals surface area contributed by atoms with E-state index in [9.17, 15) is 0 Å². The van der Waals surface area contributed by atoms with E-state index in [1.165, 1.54) is 16.7 Å². The zero-order chi connectivity index (χ0) is 14.7. The van der Waals surface area contributed by atoms with E-state index in [-0.39, 0.29) is 6.04 Å². The lowest BCUT2D eigenvalue weighted by Crippen LogP contribution is -2.19. The van der Waals surface area contributed by atoms with Gasteiger partial charge in [-0.15, -0.1) is 0 Å². The van der Waals surface area contributed by atoms with Crippen LogP contribution in [0.2, 0.25) is 0 Å². The molecular weight excluding hydrogens is 260 g/mol. The minimum atomic E-state index is 0.147. The first kappa shape index (κ1) is 14.1. The average Bonchev–Trinajstić information content (AvgIpc) is 2.83. The molecule has 0 spiro atoms. The monoisotopic (exact) mass is 282 g/mol. The Bertz CT molecular complexity index is 612. The highest BCUT2D eigenvalue weighted by Gasteiger charge is 2.27. The number of ether oxygens (including phenoxy) is 1. The van der Waals surface area contributed by atoms with Crippen LogP contribution in [-0.2, 0) is 6.54 Å². The summed E-state index contributed by atoms with van der Waals surface area (Å²) in [5.41, 5.74) is 10.1. The van der Waals surface area contributed by atoms with E-state index in [1.54, 1.807) is 0 Å². The minimum Gasteiger partial charge on any atom is -0.494 e. The number of rotatable bonds is 5. The summed E-state index contributed by atoms with van der Waals surface area (Å²) in [7, 11) is 0. The number of hydrogen-bond donors (Lipinski definition) is 2. The third-order valence-electron chi connectivity index (χ3n) is 4.02. The number of nitrogens with one attached hydrogen (secondary N) is 1. The molecular formula is C18H22N2O. The zero-order valence-corrected chi connectivity index (χ0v) is 12.4. The second-order valence-corrected chi connectivity index (χ2v) is 5.49. The number of nitrogens with two attached hydrogens (primary N) is 1. The number of hydrogen-bond acceptors (Lipinski definition) is 3. The summed E-state index contributed by atoms with van der Waals surface area (Å²) in [6.45, 7) is 3.52. The molecule has 3 heteroatoms. The van der Waals surface area contributed by atoms with Crippen molar-refractivity contribution >= 4 is 0 Å². The molecule has 0 saturated heterocycles. The Morgan fingerprint density at radius 3 is 2.76 bits per heavy atom. The van der Waals surface area contributed by atoms with Gasteiger partial charge in [-0.1, -0.05) is 36.4 Å². The first-order chi connectivity index (χ1) is 10.3. The Kier molecular flexibility index (Phi) is 4.23. The Labute approximate surface area is 126 Å². The van der Waals surface area contributed by atoms with Crippen LogP contribution in [0, 0.1) is 0 Å². The summed E-state index contributed by atoms with van der Waals surface area (Å²) < 4.78 is 5.54. The fourth-order valence-electron chi connectivity index (χ4n) is 3.02. The van der Waals surface area contributed by atoms with Crippen molar-refractivity contribution in [2.75, 3.05) is 6.61 Å². The van der Waals surface area contributed by atoms with Crippen LogP contribution in [0.25, 0.3) is 0 Å². The van der Waals surface area contributed by atoms with Crippen LogP contribution in [-0.4, -0.2) is 6.61 Å². The van der Waals surface area contributed by atoms with Crippen molar-refractivity contribution in [1.82, 2.24) is 5.32 Å². The van der Waals surface area contributed by atoms with E-state index >= 15 is 0 Å². The summed E-state index contributed by atoms with van der Waals surface area (Å²) in [5.74, 6) is 0.931. The SMILES string of the molecule is CCOc1cccc(CNC2CC(N)c3ccccc32)c1. The molecule has 3 N–H and O–H groups in total. The fraction of sp³-hybridized carbons (Fsp3) is 0.333. The van der Waals surface area contributed by atoms with Crippen molar-refractivity contribution in [3.63, 3.8) is 0 Å². The van der Waals surface area contributed by atoms with Gasteiger partial charge in [0, 0.05) is 18.6 Å². The van der Waals surface area contributed by atoms with Crippen LogP contribution in [0.3, 0.4) is 0 Å². The van der Waals surface area contributed by atoms with Gasteiger partial charge in [-0.25, -0.2) is 0 Å². The topological polar surface area (TPSA) is 47.3 Å². The minimum absolute atomic E-state index is 0.147. The number of benzene rings is 2. The summed E-state index contributed by atoms with van der Waals surface area (Å²) in [5, 5.41) is 3.62. The smallest absolute Gasteiger partial charge is 0.119 e. The van der Waals surface area contributed by atoms with Gasteiger partial charge < -0.3 is 15.8 Å². The fourth-order valence-corrected chi connectivity index (χ4v) is 3.02. The molecule has 2 atom stereocenters. The second-order valence-electron chi connectivity index (χ2n) is 5.49. The molecule has 3 rings (SSSR count). The first-order valence-corrected chi connectivity index (χ1v) is 7.57. The van der Waals surface area contributed by atoms with Crippen molar-refractivity contribution in [1.29, 1.82) is 0 Å². The Morgan fingerprint density at radius 1 is 1.14 bits per heavy atom. The van der Waals surface area contributed by atoms with Gasteiger partial charge in [-0.2, -0.15) is 0 Å². The van der Waals surface area contributed by atoms with Gasteiger partial charge in [0.25, 0.3) is 0 Å². The largest absolute Gasteiger partial charge is 0.494 e. The van der Waals surface area contributed by atoms with Crippen LogP contribution in [0.5, 0.6) is 5.75 Å². The Balaban J connectivity index is 1.67. The molecule has 21 heavy (non-hydrogen) atoms. The lowest BCUT2D eigenvalue weighted by Gasteiger charge is -2.14. The van der Waals surface area contributed by atoms with Gasteiger partial charge in [-0.05, 0) is 42.2 Å². The third-order valence-corrected chi connectivity index (χ3v) is 4.02. The average molecular weight is 282 g/mol. The van der Waals surface area contributed by atoms with Crippen LogP contribution in [0.15, 0.2) is 48.5 Å². The molecule has 0 saturated carbocycles. The quantitative estimate of drug-likeness (QED) is 0.884. The molecule has 1 aliphatic rings. The van der Waals surface area contributed by atoms with E-state index in [0.29, 0.717) is 12.6 Å². The van der Waals surface area contributed by atoms with Crippen molar-refractivity contribution in [2.45, 2.75) is 32.0 Å². The van der Waals surface area contributed by atoms with Gasteiger partial charge in [-0.3, -0.25) is 0 Å². The molecule has 0 heterocycles. The lowest BCUT2D eigenvalue weighted by atomic mass is 10.1. The van der Waals surface area contributed by atoms with Crippen molar-refractivity contribution in [2.24, 2.45) is 5.73 Å². The van der Waals surface area contributed by atoms with Gasteiger partial charge in [0.1, 0.15) is 5.75 Å². The summed E-state index contributed by atoms with van der Waals surface area (Å²) in [4.78, 5) is 0. The highest BCUT2D eigenvalue weighted by atomic mass is 16.5. The van der Waals surface area contributed by atoms with E-state index in [4.69, 9.17) is 10.5 Å². The highest BCUT2D eigenvalue weighted by Crippen LogP contribution is 2.37. The predicted octanol–water partition coefficient (Wildman–Crippen LogP) is 3.32. The predicted molar refractivity (Wildman–Crippen MR) is 85.2 cm³/mol. The van der Waals surface area contributed by atoms with Gasteiger partial charge in [0.15, 0.2) is 0 Å². The van der Waals surface area contributed by atoms with Crippen molar-refractivity contribution in [3.8, 4) is 5.75 Å². The van der Waals surface area contributed by atoms with E-state index in [0.717, 1.165) is 18.7 Å². The maximum atomic E-state index is 6.21. The molecule has 0 fully saturated rings. The molecule has 2 aromatic carbocycles. The molecule has 2 aromatic rings. The van der Waals surface area contributed by atoms with Crippen molar-refractivity contribution < 1.29 is 4.74 Å². The molecule has 2 unspecified atom stereocenters. The molecule has 0 radical (unpaired) electrons. The molecule has 110 valence electrons. The lowest BCUT2D eigenvalue weighted by molar-refractivity contribution is 0.339. The van der Waals surface area contributed by atoms with Crippen molar-refractivity contribution in [3.05, 3.63) is 65.2 Å². The Morgan fingerprint density at radius 2 is 1.95 bits per heavy atom. The summed E-state index contributed by atoms with van der Waals surface area (Å²) >= 11 is 0. The number of fused-ring (bicyclic) bond motifs is 1. The molecule has 0 aliphatic heterocycles. The van der Waals surface area contributed by atoms with Gasteiger partial charge in [0.05, 0.1) is 6.61 Å². The first-order valence-electron chi connectivity index (χ1n) is 7.57. The second kappa shape index (κ2) is 6.29. The normalized spacial score (nSPS) is 20.3. The summed E-state index contributed by atoms with van der Waals surface area (Å²) in [6.07, 6.45) is 0.963. The molecule has 1 aliphatic carbocycles. The van der Waals surface area contributed by atoms with Crippen LogP contribution < -0.4 is 15.8 Å². The van der Waals surface area contributed by atoms with Crippen LogP contribution in [0.4, 0.5) is 0 Å². The van der Waals surface area contributed by atoms with E-state index in [2.05, 4.69) is 41.7 Å². The third kappa shape index (κ3) is 3.09. The summed E-state index contributed by atoms with van der Waals surface area (Å²) in [6, 6.07) is 17.2. The maximum Gasteiger partial charge on any atom is 0.119 e. The molecule has 0 aromatic heterocycles. The molecule has 0 amide bonds. The maximum absolute atomic E-state index is 6.21. The highest BCUT2D eigenvalue weighted by molar-refractivity contribution is 5.37.